The molecule has 0 atom stereocenters. The monoisotopic (exact) mass is 314 g/mol. The van der Waals surface area contributed by atoms with Crippen LogP contribution in [-0.4, -0.2) is 21.9 Å². The fourth-order valence-corrected chi connectivity index (χ4v) is 2.92. The molecule has 5 nitrogen and oxygen atoms in total. The van der Waals surface area contributed by atoms with E-state index < -0.39 is 0 Å². The molecule has 8 heteroatoms. The van der Waals surface area contributed by atoms with Crippen LogP contribution in [-0.2, 0) is 4.79 Å². The SMILES string of the molecule is Nc1cc(NC(=O)CCSc2nncs2)ccc1Cl. The summed E-state index contributed by atoms with van der Waals surface area (Å²) in [7, 11) is 0. The number of anilines is 2. The van der Waals surface area contributed by atoms with Crippen molar-refractivity contribution < 1.29 is 4.79 Å². The molecule has 0 fully saturated rings. The Morgan fingerprint density at radius 2 is 2.37 bits per heavy atom. The minimum atomic E-state index is -0.0706. The van der Waals surface area contributed by atoms with E-state index in [-0.39, 0.29) is 5.91 Å². The molecule has 19 heavy (non-hydrogen) atoms. The molecule has 1 heterocycles. The number of carbonyl (C=O) groups excluding carboxylic acids is 1. The van der Waals surface area contributed by atoms with Gasteiger partial charge in [0.2, 0.25) is 5.91 Å². The van der Waals surface area contributed by atoms with E-state index >= 15 is 0 Å². The van der Waals surface area contributed by atoms with E-state index in [1.165, 1.54) is 23.1 Å². The number of hydrogen-bond acceptors (Lipinski definition) is 6. The quantitative estimate of drug-likeness (QED) is 0.655. The van der Waals surface area contributed by atoms with Crippen LogP contribution in [0.2, 0.25) is 5.02 Å². The average molecular weight is 315 g/mol. The van der Waals surface area contributed by atoms with Gasteiger partial charge in [0.25, 0.3) is 0 Å². The van der Waals surface area contributed by atoms with Crippen LogP contribution in [0.4, 0.5) is 11.4 Å². The molecule has 1 amide bonds. The normalized spacial score (nSPS) is 10.4. The van der Waals surface area contributed by atoms with Gasteiger partial charge in [-0.1, -0.05) is 34.7 Å². The highest BCUT2D eigenvalue weighted by Gasteiger charge is 2.05. The Morgan fingerprint density at radius 3 is 3.05 bits per heavy atom. The van der Waals surface area contributed by atoms with Crippen molar-refractivity contribution in [1.82, 2.24) is 10.2 Å². The summed E-state index contributed by atoms with van der Waals surface area (Å²) in [6.45, 7) is 0. The number of rotatable bonds is 5. The number of aromatic nitrogens is 2. The molecule has 0 aliphatic carbocycles. The Labute approximate surface area is 123 Å². The van der Waals surface area contributed by atoms with Crippen LogP contribution in [0.1, 0.15) is 6.42 Å². The summed E-state index contributed by atoms with van der Waals surface area (Å²) in [4.78, 5) is 11.7. The molecule has 0 unspecified atom stereocenters. The van der Waals surface area contributed by atoms with Crippen molar-refractivity contribution >= 4 is 52.0 Å². The highest BCUT2D eigenvalue weighted by Crippen LogP contribution is 2.23. The van der Waals surface area contributed by atoms with Gasteiger partial charge in [0.05, 0.1) is 10.7 Å². The molecule has 0 saturated heterocycles. The highest BCUT2D eigenvalue weighted by molar-refractivity contribution is 8.01. The number of amides is 1. The molecule has 0 saturated carbocycles. The Hall–Kier alpha value is -1.31. The lowest BCUT2D eigenvalue weighted by atomic mass is 10.2. The lowest BCUT2D eigenvalue weighted by molar-refractivity contribution is -0.115. The van der Waals surface area contributed by atoms with E-state index in [1.807, 2.05) is 0 Å². The van der Waals surface area contributed by atoms with Gasteiger partial charge in [-0.25, -0.2) is 0 Å². The summed E-state index contributed by atoms with van der Waals surface area (Å²) in [5.74, 6) is 0.586. The van der Waals surface area contributed by atoms with Crippen molar-refractivity contribution in [3.8, 4) is 0 Å². The molecule has 100 valence electrons. The van der Waals surface area contributed by atoms with Crippen molar-refractivity contribution in [1.29, 1.82) is 0 Å². The van der Waals surface area contributed by atoms with Crippen molar-refractivity contribution in [3.63, 3.8) is 0 Å². The molecule has 0 spiro atoms. The standard InChI is InChI=1S/C11H11ClN4OS2/c12-8-2-1-7(5-9(8)13)15-10(17)3-4-18-11-16-14-6-19-11/h1-2,5-6H,3-4,13H2,(H,15,17). The summed E-state index contributed by atoms with van der Waals surface area (Å²) in [6, 6.07) is 5.01. The highest BCUT2D eigenvalue weighted by atomic mass is 35.5. The van der Waals surface area contributed by atoms with E-state index in [1.54, 1.807) is 23.7 Å². The van der Waals surface area contributed by atoms with E-state index in [9.17, 15) is 4.79 Å². The van der Waals surface area contributed by atoms with Gasteiger partial charge in [-0.15, -0.1) is 10.2 Å². The zero-order valence-corrected chi connectivity index (χ0v) is 12.2. The van der Waals surface area contributed by atoms with Crippen LogP contribution in [0, 0.1) is 0 Å². The van der Waals surface area contributed by atoms with Gasteiger partial charge >= 0.3 is 0 Å². The molecular weight excluding hydrogens is 304 g/mol. The maximum atomic E-state index is 11.7. The molecule has 0 radical (unpaired) electrons. The zero-order chi connectivity index (χ0) is 13.7. The third-order valence-electron chi connectivity index (χ3n) is 2.17. The summed E-state index contributed by atoms with van der Waals surface area (Å²) in [5.41, 5.74) is 8.42. The maximum absolute atomic E-state index is 11.7. The van der Waals surface area contributed by atoms with Crippen molar-refractivity contribution in [2.75, 3.05) is 16.8 Å². The summed E-state index contributed by atoms with van der Waals surface area (Å²) >= 11 is 8.77. The van der Waals surface area contributed by atoms with Gasteiger partial charge in [-0.2, -0.15) is 0 Å². The fourth-order valence-electron chi connectivity index (χ4n) is 1.30. The number of benzene rings is 1. The third kappa shape index (κ3) is 4.38. The van der Waals surface area contributed by atoms with Crippen LogP contribution in [0.3, 0.4) is 0 Å². The fraction of sp³-hybridized carbons (Fsp3) is 0.182. The lowest BCUT2D eigenvalue weighted by Gasteiger charge is -2.06. The Bertz CT molecular complexity index is 562. The Morgan fingerprint density at radius 1 is 1.53 bits per heavy atom. The first-order valence-corrected chi connectivity index (χ1v) is 7.63. The van der Waals surface area contributed by atoms with Gasteiger partial charge in [0.1, 0.15) is 5.51 Å². The molecule has 0 aliphatic rings. The van der Waals surface area contributed by atoms with Gasteiger partial charge in [-0.05, 0) is 18.2 Å². The predicted molar refractivity (Wildman–Crippen MR) is 79.7 cm³/mol. The molecule has 1 aromatic carbocycles. The summed E-state index contributed by atoms with van der Waals surface area (Å²) < 4.78 is 0.864. The molecule has 0 bridgehead atoms. The molecule has 1 aromatic heterocycles. The van der Waals surface area contributed by atoms with Crippen molar-refractivity contribution in [2.24, 2.45) is 0 Å². The van der Waals surface area contributed by atoms with Crippen molar-refractivity contribution in [3.05, 3.63) is 28.7 Å². The second-order valence-electron chi connectivity index (χ2n) is 3.59. The van der Waals surface area contributed by atoms with Crippen LogP contribution in [0.15, 0.2) is 28.0 Å². The Kier molecular flexibility index (Phi) is 5.00. The first-order valence-electron chi connectivity index (χ1n) is 5.39. The Balaban J connectivity index is 1.79. The second-order valence-corrected chi connectivity index (χ2v) is 6.17. The third-order valence-corrected chi connectivity index (χ3v) is 4.38. The predicted octanol–water partition coefficient (Wildman–Crippen LogP) is 2.89. The number of hydrogen-bond donors (Lipinski definition) is 2. The van der Waals surface area contributed by atoms with Gasteiger partial charge in [0.15, 0.2) is 4.34 Å². The van der Waals surface area contributed by atoms with Crippen molar-refractivity contribution in [2.45, 2.75) is 10.8 Å². The number of nitrogens with one attached hydrogen (secondary N) is 1. The minimum Gasteiger partial charge on any atom is -0.397 e. The van der Waals surface area contributed by atoms with E-state index in [0.717, 1.165) is 4.34 Å². The minimum absolute atomic E-state index is 0.0706. The molecule has 3 N–H and O–H groups in total. The topological polar surface area (TPSA) is 80.9 Å². The molecule has 2 aromatic rings. The van der Waals surface area contributed by atoms with E-state index in [0.29, 0.717) is 28.6 Å². The zero-order valence-electron chi connectivity index (χ0n) is 9.80. The smallest absolute Gasteiger partial charge is 0.225 e. The molecule has 2 rings (SSSR count). The molecule has 0 aliphatic heterocycles. The number of nitrogens with zero attached hydrogens (tertiary/aromatic N) is 2. The lowest BCUT2D eigenvalue weighted by Crippen LogP contribution is -2.12. The first-order chi connectivity index (χ1) is 9.15. The number of halogens is 1. The van der Waals surface area contributed by atoms with E-state index in [4.69, 9.17) is 17.3 Å². The van der Waals surface area contributed by atoms with Crippen LogP contribution < -0.4 is 11.1 Å². The largest absolute Gasteiger partial charge is 0.397 e. The summed E-state index contributed by atoms with van der Waals surface area (Å²) in [6.07, 6.45) is 0.396. The number of thioether (sulfide) groups is 1. The van der Waals surface area contributed by atoms with Crippen LogP contribution >= 0.6 is 34.7 Å². The number of carbonyl (C=O) groups is 1. The maximum Gasteiger partial charge on any atom is 0.225 e. The molecular formula is C11H11ClN4OS2. The number of nitrogens with two attached hydrogens (primary N) is 1. The average Bonchev–Trinajstić information content (AvgIpc) is 2.87. The van der Waals surface area contributed by atoms with E-state index in [2.05, 4.69) is 15.5 Å². The number of nitrogen functional groups attached to an aromatic ring is 1. The summed E-state index contributed by atoms with van der Waals surface area (Å²) in [5, 5.41) is 10.9. The van der Waals surface area contributed by atoms with Crippen LogP contribution in [0.25, 0.3) is 0 Å². The first kappa shape index (κ1) is 14.1. The van der Waals surface area contributed by atoms with Gasteiger partial charge in [-0.3, -0.25) is 4.79 Å². The van der Waals surface area contributed by atoms with Crippen LogP contribution in [0.5, 0.6) is 0 Å². The second kappa shape index (κ2) is 6.74. The van der Waals surface area contributed by atoms with Gasteiger partial charge < -0.3 is 11.1 Å². The van der Waals surface area contributed by atoms with Gasteiger partial charge in [0, 0.05) is 17.9 Å².